The fourth-order valence-corrected chi connectivity index (χ4v) is 4.33. The van der Waals surface area contributed by atoms with E-state index in [1.807, 2.05) is 4.90 Å². The minimum Gasteiger partial charge on any atom is -0.334 e. The highest BCUT2D eigenvalue weighted by Crippen LogP contribution is 2.22. The number of benzene rings is 1. The van der Waals surface area contributed by atoms with E-state index in [0.29, 0.717) is 12.1 Å². The number of hydrogen-bond donors (Lipinski definition) is 2. The monoisotopic (exact) mass is 351 g/mol. The van der Waals surface area contributed by atoms with Gasteiger partial charge in [0, 0.05) is 30.7 Å². The standard InChI is InChI=1S/C17H25N3O3S/c1-2-11-20(15-9-10-18-12-15)17(21)13-3-7-16(8-4-13)24(22,23)19-14-5-6-14/h3-4,7-8,14-15,18-19H,2,5-6,9-12H2,1H3. The highest BCUT2D eigenvalue weighted by atomic mass is 32.2. The zero-order chi connectivity index (χ0) is 17.2. The van der Waals surface area contributed by atoms with Crippen molar-refractivity contribution in [3.8, 4) is 0 Å². The van der Waals surface area contributed by atoms with Crippen LogP contribution < -0.4 is 10.0 Å². The molecule has 6 nitrogen and oxygen atoms in total. The minimum atomic E-state index is -3.47. The Kier molecular flexibility index (Phi) is 5.22. The lowest BCUT2D eigenvalue weighted by atomic mass is 10.1. The molecule has 1 aromatic rings. The van der Waals surface area contributed by atoms with E-state index in [4.69, 9.17) is 0 Å². The van der Waals surface area contributed by atoms with Crippen molar-refractivity contribution in [3.05, 3.63) is 29.8 Å². The van der Waals surface area contributed by atoms with Gasteiger partial charge in [0.05, 0.1) is 4.90 Å². The summed E-state index contributed by atoms with van der Waals surface area (Å²) in [6, 6.07) is 6.58. The molecule has 1 aliphatic carbocycles. The fraction of sp³-hybridized carbons (Fsp3) is 0.588. The average Bonchev–Trinajstić information content (AvgIpc) is 3.21. The number of amides is 1. The second kappa shape index (κ2) is 7.21. The minimum absolute atomic E-state index is 0.0235. The van der Waals surface area contributed by atoms with E-state index in [1.165, 1.54) is 12.1 Å². The Morgan fingerprint density at radius 1 is 1.25 bits per heavy atom. The first-order chi connectivity index (χ1) is 11.5. The number of rotatable bonds is 7. The highest BCUT2D eigenvalue weighted by Gasteiger charge is 2.29. The van der Waals surface area contributed by atoms with Crippen LogP contribution >= 0.6 is 0 Å². The molecule has 1 atom stereocenters. The Balaban J connectivity index is 1.74. The van der Waals surface area contributed by atoms with E-state index in [0.717, 1.165) is 38.8 Å². The molecule has 1 saturated carbocycles. The van der Waals surface area contributed by atoms with Gasteiger partial charge >= 0.3 is 0 Å². The van der Waals surface area contributed by atoms with E-state index in [1.54, 1.807) is 12.1 Å². The predicted molar refractivity (Wildman–Crippen MR) is 92.4 cm³/mol. The van der Waals surface area contributed by atoms with Crippen LogP contribution in [0.15, 0.2) is 29.2 Å². The van der Waals surface area contributed by atoms with E-state index in [2.05, 4.69) is 17.0 Å². The van der Waals surface area contributed by atoms with Gasteiger partial charge in [0.2, 0.25) is 10.0 Å². The lowest BCUT2D eigenvalue weighted by Crippen LogP contribution is -2.42. The van der Waals surface area contributed by atoms with Crippen molar-refractivity contribution >= 4 is 15.9 Å². The fourth-order valence-electron chi connectivity index (χ4n) is 3.03. The summed E-state index contributed by atoms with van der Waals surface area (Å²) in [6.07, 6.45) is 3.66. The highest BCUT2D eigenvalue weighted by molar-refractivity contribution is 7.89. The molecule has 0 bridgehead atoms. The Bertz CT molecular complexity index is 678. The number of sulfonamides is 1. The van der Waals surface area contributed by atoms with Crippen LogP contribution in [0.1, 0.15) is 43.0 Å². The predicted octanol–water partition coefficient (Wildman–Crippen LogP) is 1.34. The summed E-state index contributed by atoms with van der Waals surface area (Å²) in [5, 5.41) is 3.29. The lowest BCUT2D eigenvalue weighted by molar-refractivity contribution is 0.0692. The largest absolute Gasteiger partial charge is 0.334 e. The third kappa shape index (κ3) is 3.96. The van der Waals surface area contributed by atoms with Crippen LogP contribution in [0.5, 0.6) is 0 Å². The van der Waals surface area contributed by atoms with Crippen molar-refractivity contribution in [1.29, 1.82) is 0 Å². The van der Waals surface area contributed by atoms with Crippen molar-refractivity contribution in [2.24, 2.45) is 0 Å². The second-order valence-electron chi connectivity index (χ2n) is 6.57. The van der Waals surface area contributed by atoms with E-state index in [-0.39, 0.29) is 22.9 Å². The smallest absolute Gasteiger partial charge is 0.254 e. The molecule has 1 aliphatic heterocycles. The molecule has 1 unspecified atom stereocenters. The van der Waals surface area contributed by atoms with Crippen molar-refractivity contribution < 1.29 is 13.2 Å². The van der Waals surface area contributed by atoms with Gasteiger partial charge in [-0.05, 0) is 56.5 Å². The summed E-state index contributed by atoms with van der Waals surface area (Å²) in [5.41, 5.74) is 0.542. The average molecular weight is 351 g/mol. The van der Waals surface area contributed by atoms with Crippen molar-refractivity contribution in [3.63, 3.8) is 0 Å². The molecule has 2 fully saturated rings. The maximum atomic E-state index is 12.8. The molecule has 1 amide bonds. The molecule has 0 spiro atoms. The Morgan fingerprint density at radius 3 is 2.50 bits per heavy atom. The zero-order valence-electron chi connectivity index (χ0n) is 14.0. The van der Waals surface area contributed by atoms with Crippen LogP contribution in [-0.2, 0) is 10.0 Å². The summed E-state index contributed by atoms with van der Waals surface area (Å²) >= 11 is 0. The summed E-state index contributed by atoms with van der Waals surface area (Å²) in [4.78, 5) is 14.9. The quantitative estimate of drug-likeness (QED) is 0.777. The van der Waals surface area contributed by atoms with Crippen LogP contribution in [0.3, 0.4) is 0 Å². The van der Waals surface area contributed by atoms with E-state index < -0.39 is 10.0 Å². The SMILES string of the molecule is CCCN(C(=O)c1ccc(S(=O)(=O)NC2CC2)cc1)C1CCNC1. The van der Waals surface area contributed by atoms with Crippen LogP contribution in [-0.4, -0.2) is 50.9 Å². The summed E-state index contributed by atoms with van der Waals surface area (Å²) < 4.78 is 27.0. The maximum Gasteiger partial charge on any atom is 0.254 e. The molecule has 1 saturated heterocycles. The van der Waals surface area contributed by atoms with Crippen LogP contribution in [0.25, 0.3) is 0 Å². The number of nitrogens with one attached hydrogen (secondary N) is 2. The lowest BCUT2D eigenvalue weighted by Gasteiger charge is -2.28. The summed E-state index contributed by atoms with van der Waals surface area (Å²) in [7, 11) is -3.47. The van der Waals surface area contributed by atoms with Gasteiger partial charge in [-0.2, -0.15) is 0 Å². The molecule has 1 heterocycles. The third-order valence-electron chi connectivity index (χ3n) is 4.51. The second-order valence-corrected chi connectivity index (χ2v) is 8.28. The number of nitrogens with zero attached hydrogens (tertiary/aromatic N) is 1. The number of carbonyl (C=O) groups excluding carboxylic acids is 1. The Hall–Kier alpha value is -1.44. The van der Waals surface area contributed by atoms with Crippen LogP contribution in [0, 0.1) is 0 Å². The molecule has 132 valence electrons. The van der Waals surface area contributed by atoms with E-state index in [9.17, 15) is 13.2 Å². The normalized spacial score (nSPS) is 21.0. The topological polar surface area (TPSA) is 78.5 Å². The van der Waals surface area contributed by atoms with Gasteiger partial charge < -0.3 is 10.2 Å². The first-order valence-corrected chi connectivity index (χ1v) is 10.1. The maximum absolute atomic E-state index is 12.8. The molecule has 24 heavy (non-hydrogen) atoms. The molecule has 2 N–H and O–H groups in total. The van der Waals surface area contributed by atoms with Gasteiger partial charge in [-0.25, -0.2) is 13.1 Å². The van der Waals surface area contributed by atoms with Gasteiger partial charge in [-0.15, -0.1) is 0 Å². The number of hydrogen-bond acceptors (Lipinski definition) is 4. The molecular weight excluding hydrogens is 326 g/mol. The molecule has 0 aromatic heterocycles. The Morgan fingerprint density at radius 2 is 1.96 bits per heavy atom. The first-order valence-electron chi connectivity index (χ1n) is 8.65. The van der Waals surface area contributed by atoms with E-state index >= 15 is 0 Å². The van der Waals surface area contributed by atoms with Gasteiger partial charge in [-0.1, -0.05) is 6.92 Å². The first kappa shape index (κ1) is 17.4. The summed E-state index contributed by atoms with van der Waals surface area (Å²) in [5.74, 6) is -0.0235. The Labute approximate surface area is 143 Å². The van der Waals surface area contributed by atoms with Gasteiger partial charge in [0.15, 0.2) is 0 Å². The summed E-state index contributed by atoms with van der Waals surface area (Å²) in [6.45, 7) is 4.53. The van der Waals surface area contributed by atoms with Gasteiger partial charge in [0.1, 0.15) is 0 Å². The van der Waals surface area contributed by atoms with Crippen LogP contribution in [0.4, 0.5) is 0 Å². The zero-order valence-corrected chi connectivity index (χ0v) is 14.8. The van der Waals surface area contributed by atoms with Crippen molar-refractivity contribution in [1.82, 2.24) is 14.9 Å². The number of carbonyl (C=O) groups is 1. The molecule has 3 rings (SSSR count). The molecule has 1 aromatic carbocycles. The van der Waals surface area contributed by atoms with Crippen LogP contribution in [0.2, 0.25) is 0 Å². The molecular formula is C17H25N3O3S. The van der Waals surface area contributed by atoms with Gasteiger partial charge in [0.25, 0.3) is 5.91 Å². The molecule has 2 aliphatic rings. The molecule has 7 heteroatoms. The third-order valence-corrected chi connectivity index (χ3v) is 6.05. The van der Waals surface area contributed by atoms with Gasteiger partial charge in [-0.3, -0.25) is 4.79 Å². The van der Waals surface area contributed by atoms with Crippen molar-refractivity contribution in [2.75, 3.05) is 19.6 Å². The van der Waals surface area contributed by atoms with Crippen molar-refractivity contribution in [2.45, 2.75) is 49.6 Å². The molecule has 0 radical (unpaired) electrons.